The van der Waals surface area contributed by atoms with Gasteiger partial charge in [0.25, 0.3) is 0 Å². The van der Waals surface area contributed by atoms with Crippen LogP contribution in [-0.4, -0.2) is 4.57 Å². The van der Waals surface area contributed by atoms with Crippen LogP contribution >= 0.6 is 22.7 Å². The van der Waals surface area contributed by atoms with Crippen molar-refractivity contribution < 1.29 is 0 Å². The second kappa shape index (κ2) is 12.0. The third kappa shape index (κ3) is 4.83. The minimum atomic E-state index is 1.24. The average molecular weight is 650 g/mol. The van der Waals surface area contributed by atoms with Crippen LogP contribution in [0, 0.1) is 0 Å². The zero-order valence-corrected chi connectivity index (χ0v) is 28.1. The van der Waals surface area contributed by atoms with Crippen LogP contribution in [0.3, 0.4) is 0 Å². The van der Waals surface area contributed by atoms with Gasteiger partial charge >= 0.3 is 0 Å². The van der Waals surface area contributed by atoms with Crippen LogP contribution in [0.1, 0.15) is 0 Å². The van der Waals surface area contributed by atoms with Crippen molar-refractivity contribution in [2.24, 2.45) is 7.05 Å². The summed E-state index contributed by atoms with van der Waals surface area (Å²) in [6, 6.07) is 57.2. The summed E-state index contributed by atoms with van der Waals surface area (Å²) in [5.41, 5.74) is 15.1. The Morgan fingerprint density at radius 2 is 0.729 bits per heavy atom. The fourth-order valence-corrected chi connectivity index (χ4v) is 9.28. The fourth-order valence-electron chi connectivity index (χ4n) is 7.08. The van der Waals surface area contributed by atoms with E-state index in [0.717, 1.165) is 0 Å². The largest absolute Gasteiger partial charge is 0.344 e. The Labute approximate surface area is 288 Å². The first kappa shape index (κ1) is 28.7. The van der Waals surface area contributed by atoms with Gasteiger partial charge in [-0.3, -0.25) is 0 Å². The van der Waals surface area contributed by atoms with Gasteiger partial charge in [-0.1, -0.05) is 133 Å². The monoisotopic (exact) mass is 649 g/mol. The van der Waals surface area contributed by atoms with Crippen LogP contribution in [0.5, 0.6) is 0 Å². The van der Waals surface area contributed by atoms with Gasteiger partial charge in [0.15, 0.2) is 0 Å². The maximum atomic E-state index is 2.41. The van der Waals surface area contributed by atoms with E-state index in [9.17, 15) is 0 Å². The molecule has 9 rings (SSSR count). The van der Waals surface area contributed by atoms with Crippen molar-refractivity contribution in [3.8, 4) is 65.4 Å². The number of hydrogen-bond acceptors (Lipinski definition) is 2. The van der Waals surface area contributed by atoms with E-state index in [-0.39, 0.29) is 0 Å². The van der Waals surface area contributed by atoms with Crippen LogP contribution in [0.25, 0.3) is 87.2 Å². The van der Waals surface area contributed by atoms with E-state index < -0.39 is 0 Å². The lowest BCUT2D eigenvalue weighted by Gasteiger charge is -2.10. The maximum absolute atomic E-state index is 2.41. The molecular weight excluding hydrogens is 619 g/mol. The molecule has 0 N–H and O–H groups in total. The van der Waals surface area contributed by atoms with Gasteiger partial charge in [0.1, 0.15) is 0 Å². The number of hydrogen-bond donors (Lipinski definition) is 0. The molecule has 0 aliphatic rings. The Morgan fingerprint density at radius 1 is 0.375 bits per heavy atom. The molecule has 1 nitrogen and oxygen atoms in total. The molecule has 0 unspecified atom stereocenters. The predicted molar refractivity (Wildman–Crippen MR) is 209 cm³/mol. The van der Waals surface area contributed by atoms with Gasteiger partial charge in [-0.2, -0.15) is 0 Å². The Bertz CT molecular complexity index is 2360. The quantitative estimate of drug-likeness (QED) is 0.169. The lowest BCUT2D eigenvalue weighted by molar-refractivity contribution is 1.01. The molecule has 48 heavy (non-hydrogen) atoms. The molecule has 0 aliphatic carbocycles. The summed E-state index contributed by atoms with van der Waals surface area (Å²) in [5.74, 6) is 0. The van der Waals surface area contributed by atoms with Crippen LogP contribution in [-0.2, 0) is 7.05 Å². The van der Waals surface area contributed by atoms with Crippen molar-refractivity contribution in [2.75, 3.05) is 0 Å². The third-order valence-corrected chi connectivity index (χ3v) is 11.5. The molecule has 0 saturated carbocycles. The molecule has 0 spiro atoms. The van der Waals surface area contributed by atoms with E-state index in [2.05, 4.69) is 180 Å². The Kier molecular flexibility index (Phi) is 7.15. The van der Waals surface area contributed by atoms with Crippen molar-refractivity contribution in [3.63, 3.8) is 0 Å². The molecule has 0 amide bonds. The summed E-state index contributed by atoms with van der Waals surface area (Å²) in [6.45, 7) is 0. The number of fused-ring (bicyclic) bond motifs is 3. The van der Waals surface area contributed by atoms with Crippen LogP contribution in [0.4, 0.5) is 0 Å². The van der Waals surface area contributed by atoms with Gasteiger partial charge in [0.05, 0.1) is 0 Å². The first-order valence-corrected chi connectivity index (χ1v) is 18.0. The summed E-state index contributed by atoms with van der Waals surface area (Å²) in [5, 5.41) is 7.21. The molecule has 3 aromatic heterocycles. The second-order valence-corrected chi connectivity index (χ2v) is 14.0. The van der Waals surface area contributed by atoms with Crippen molar-refractivity contribution in [1.82, 2.24) is 4.57 Å². The zero-order chi connectivity index (χ0) is 32.0. The summed E-state index contributed by atoms with van der Waals surface area (Å²) < 4.78 is 2.34. The number of rotatable bonds is 6. The minimum absolute atomic E-state index is 1.24. The van der Waals surface area contributed by atoms with Crippen molar-refractivity contribution >= 4 is 44.5 Å². The molecule has 3 heteroatoms. The number of aryl methyl sites for hydroxylation is 1. The smallest absolute Gasteiger partial charge is 0.0489 e. The van der Waals surface area contributed by atoms with Gasteiger partial charge in [0, 0.05) is 60.9 Å². The molecule has 0 radical (unpaired) electrons. The molecule has 0 fully saturated rings. The van der Waals surface area contributed by atoms with E-state index in [1.54, 1.807) is 0 Å². The molecule has 6 aromatic carbocycles. The molecule has 228 valence electrons. The summed E-state index contributed by atoms with van der Waals surface area (Å²) in [7, 11) is 2.19. The van der Waals surface area contributed by atoms with Crippen LogP contribution < -0.4 is 0 Å². The van der Waals surface area contributed by atoms with Crippen molar-refractivity contribution in [2.45, 2.75) is 0 Å². The highest BCUT2D eigenvalue weighted by Crippen LogP contribution is 2.48. The highest BCUT2D eigenvalue weighted by molar-refractivity contribution is 7.15. The molecule has 9 aromatic rings. The fraction of sp³-hybridized carbons (Fsp3) is 0.0222. The van der Waals surface area contributed by atoms with Crippen molar-refractivity contribution in [1.29, 1.82) is 0 Å². The molecule has 0 saturated heterocycles. The standard InChI is InChI=1S/C45H31NS2/c1-46-40-24-22-34(44-42(32-18-10-4-11-19-32)38(28-47-44)30-14-6-2-7-15-30)26-36(40)37-27-35(23-25-41(37)46)45-43(33-20-12-5-13-21-33)39(29-48-45)31-16-8-3-9-17-31/h2-29H,1H3. The summed E-state index contributed by atoms with van der Waals surface area (Å²) >= 11 is 3.67. The van der Waals surface area contributed by atoms with Gasteiger partial charge in [-0.05, 0) is 68.4 Å². The van der Waals surface area contributed by atoms with Crippen molar-refractivity contribution in [3.05, 3.63) is 168 Å². The molecule has 3 heterocycles. The highest BCUT2D eigenvalue weighted by Gasteiger charge is 2.20. The van der Waals surface area contributed by atoms with E-state index in [1.807, 2.05) is 22.7 Å². The van der Waals surface area contributed by atoms with E-state index in [1.165, 1.54) is 87.2 Å². The minimum Gasteiger partial charge on any atom is -0.344 e. The van der Waals surface area contributed by atoms with E-state index in [0.29, 0.717) is 0 Å². The van der Waals surface area contributed by atoms with Gasteiger partial charge in [0.2, 0.25) is 0 Å². The topological polar surface area (TPSA) is 4.93 Å². The molecule has 0 atom stereocenters. The number of aromatic nitrogens is 1. The third-order valence-electron chi connectivity index (χ3n) is 9.41. The zero-order valence-electron chi connectivity index (χ0n) is 26.4. The van der Waals surface area contributed by atoms with E-state index in [4.69, 9.17) is 0 Å². The van der Waals surface area contributed by atoms with Gasteiger partial charge < -0.3 is 4.57 Å². The SMILES string of the molecule is Cn1c2ccc(-c3scc(-c4ccccc4)c3-c3ccccc3)cc2c2cc(-c3scc(-c4ccccc4)c3-c3ccccc3)ccc21. The number of nitrogens with zero attached hydrogens (tertiary/aromatic N) is 1. The summed E-state index contributed by atoms with van der Waals surface area (Å²) in [6.07, 6.45) is 0. The molecule has 0 bridgehead atoms. The highest BCUT2D eigenvalue weighted by atomic mass is 32.1. The van der Waals surface area contributed by atoms with Crippen LogP contribution in [0.15, 0.2) is 168 Å². The van der Waals surface area contributed by atoms with Gasteiger partial charge in [-0.15, -0.1) is 22.7 Å². The Morgan fingerprint density at radius 3 is 1.10 bits per heavy atom. The Hall–Kier alpha value is -5.48. The van der Waals surface area contributed by atoms with Crippen LogP contribution in [0.2, 0.25) is 0 Å². The normalized spacial score (nSPS) is 11.4. The number of benzene rings is 6. The number of thiophene rings is 2. The first-order chi connectivity index (χ1) is 23.7. The Balaban J connectivity index is 1.23. The lowest BCUT2D eigenvalue weighted by Crippen LogP contribution is -1.87. The second-order valence-electron chi connectivity index (χ2n) is 12.2. The molecule has 0 aliphatic heterocycles. The van der Waals surface area contributed by atoms with E-state index >= 15 is 0 Å². The first-order valence-electron chi connectivity index (χ1n) is 16.2. The predicted octanol–water partition coefficient (Wildman–Crippen LogP) is 13.5. The maximum Gasteiger partial charge on any atom is 0.0489 e. The molecular formula is C45H31NS2. The average Bonchev–Trinajstić information content (AvgIpc) is 3.88. The van der Waals surface area contributed by atoms with Gasteiger partial charge in [-0.25, -0.2) is 0 Å². The lowest BCUT2D eigenvalue weighted by atomic mass is 9.93. The summed E-state index contributed by atoms with van der Waals surface area (Å²) in [4.78, 5) is 2.60.